The van der Waals surface area contributed by atoms with E-state index < -0.39 is 0 Å². The summed E-state index contributed by atoms with van der Waals surface area (Å²) in [5.41, 5.74) is 14.0. The van der Waals surface area contributed by atoms with Crippen LogP contribution in [0.2, 0.25) is 0 Å². The van der Waals surface area contributed by atoms with E-state index in [-0.39, 0.29) is 10.8 Å². The molecular formula is C70H50N6O. The molecule has 0 saturated heterocycles. The maximum atomic E-state index is 12.6. The minimum atomic E-state index is -0.285. The smallest absolute Gasteiger partial charge is 0.237 e. The largest absolute Gasteiger partial charge is 0.454 e. The molecule has 15 rings (SSSR count). The van der Waals surface area contributed by atoms with Gasteiger partial charge in [-0.05, 0) is 82.6 Å². The molecule has 0 bridgehead atoms. The molecule has 0 fully saturated rings. The number of nitrogens with zero attached hydrogens (tertiary/aromatic N) is 6. The topological polar surface area (TPSA) is 61.0 Å². The van der Waals surface area contributed by atoms with Gasteiger partial charge in [-0.25, -0.2) is 4.85 Å². The highest BCUT2D eigenvalue weighted by Gasteiger charge is 2.36. The number of furan rings is 1. The van der Waals surface area contributed by atoms with Crippen LogP contribution < -0.4 is 0 Å². The van der Waals surface area contributed by atoms with Crippen molar-refractivity contribution >= 4 is 115 Å². The monoisotopic (exact) mass is 990 g/mol. The summed E-state index contributed by atoms with van der Waals surface area (Å²) in [5.74, 6) is 0. The Hall–Kier alpha value is -9.82. The van der Waals surface area contributed by atoms with Gasteiger partial charge in [-0.3, -0.25) is 0 Å². The zero-order valence-electron chi connectivity index (χ0n) is 43.6. The molecule has 5 heterocycles. The van der Waals surface area contributed by atoms with Gasteiger partial charge in [0.1, 0.15) is 11.7 Å². The number of rotatable bonds is 4. The third-order valence-corrected chi connectivity index (χ3v) is 16.3. The summed E-state index contributed by atoms with van der Waals surface area (Å²) in [6.07, 6.45) is 0. The fourth-order valence-corrected chi connectivity index (χ4v) is 12.9. The maximum absolute atomic E-state index is 12.6. The lowest BCUT2D eigenvalue weighted by molar-refractivity contribution is 0.591. The second-order valence-corrected chi connectivity index (χ2v) is 22.6. The van der Waals surface area contributed by atoms with E-state index in [0.717, 1.165) is 109 Å². The van der Waals surface area contributed by atoms with Crippen molar-refractivity contribution in [2.24, 2.45) is 0 Å². The van der Waals surface area contributed by atoms with Gasteiger partial charge in [-0.15, -0.1) is 0 Å². The van der Waals surface area contributed by atoms with Crippen LogP contribution in [0.4, 0.5) is 5.69 Å². The van der Waals surface area contributed by atoms with Crippen LogP contribution in [0.3, 0.4) is 0 Å². The highest BCUT2D eigenvalue weighted by molar-refractivity contribution is 6.24. The van der Waals surface area contributed by atoms with Gasteiger partial charge in [-0.2, -0.15) is 5.26 Å². The van der Waals surface area contributed by atoms with E-state index in [1.54, 1.807) is 0 Å². The average Bonchev–Trinajstić information content (AvgIpc) is 4.46. The summed E-state index contributed by atoms with van der Waals surface area (Å²) < 4.78 is 16.5. The van der Waals surface area contributed by atoms with Gasteiger partial charge in [0.05, 0.1) is 79.0 Å². The lowest BCUT2D eigenvalue weighted by Crippen LogP contribution is -2.15. The van der Waals surface area contributed by atoms with Crippen LogP contribution in [0, 0.1) is 17.9 Å². The molecule has 366 valence electrons. The summed E-state index contributed by atoms with van der Waals surface area (Å²) in [6, 6.07) is 71.3. The minimum Gasteiger partial charge on any atom is -0.454 e. The number of benzene rings is 10. The standard InChI is InChI=1S/C70H50N6O/c1-69(2,3)41-36-37-59-49(38-41)50-39-52(70(4,5)6)61-48-28-14-21-35-60(48)77-68(61)65(50)76(59)67-64(74-55-31-17-10-24-44(55)45-25-11-18-32-56(45)74)51(40-71)63(73-53-29-15-8-22-42(53)43-23-9-16-30-54(43)73)62(72-7)66(67)75-57-33-19-12-26-46(57)47-27-13-20-34-58(47)75/h8-39H,1-6H3. The third-order valence-electron chi connectivity index (χ3n) is 16.3. The van der Waals surface area contributed by atoms with Gasteiger partial charge in [0, 0.05) is 53.9 Å². The Balaban J connectivity index is 1.31. The van der Waals surface area contributed by atoms with Gasteiger partial charge in [0.2, 0.25) is 5.69 Å². The van der Waals surface area contributed by atoms with E-state index in [1.807, 2.05) is 18.2 Å². The van der Waals surface area contributed by atoms with Crippen molar-refractivity contribution in [2.45, 2.75) is 52.4 Å². The molecule has 0 aliphatic rings. The first-order valence-corrected chi connectivity index (χ1v) is 26.4. The SMILES string of the molecule is [C-]#[N+]c1c(-n2c3ccccc3c3ccccc32)c(C#N)c(-n2c3ccccc3c3ccccc32)c(-n2c3ccc(C(C)(C)C)cc3c3cc(C(C)(C)C)c4c5ccccc5oc4c32)c1-n1c2ccccc2c2ccccc21. The van der Waals surface area contributed by atoms with Crippen molar-refractivity contribution in [2.75, 3.05) is 0 Å². The van der Waals surface area contributed by atoms with E-state index in [2.05, 4.69) is 242 Å². The van der Waals surface area contributed by atoms with Crippen LogP contribution in [0.25, 0.3) is 137 Å². The van der Waals surface area contributed by atoms with Crippen molar-refractivity contribution in [3.8, 4) is 28.8 Å². The Bertz CT molecular complexity index is 4840. The number of aromatic nitrogens is 4. The molecule has 0 saturated carbocycles. The van der Waals surface area contributed by atoms with Crippen molar-refractivity contribution in [3.63, 3.8) is 0 Å². The molecule has 5 aromatic heterocycles. The fraction of sp³-hybridized carbons (Fsp3) is 0.114. The molecule has 0 amide bonds. The molecule has 10 aromatic carbocycles. The first-order chi connectivity index (χ1) is 37.5. The molecule has 0 unspecified atom stereocenters. The predicted molar refractivity (Wildman–Crippen MR) is 319 cm³/mol. The Kier molecular flexibility index (Phi) is 9.19. The Morgan fingerprint density at radius 2 is 0.831 bits per heavy atom. The van der Waals surface area contributed by atoms with Crippen LogP contribution in [-0.2, 0) is 10.8 Å². The van der Waals surface area contributed by atoms with Gasteiger partial charge >= 0.3 is 0 Å². The molecule has 7 heteroatoms. The van der Waals surface area contributed by atoms with Gasteiger partial charge in [-0.1, -0.05) is 175 Å². The molecule has 15 aromatic rings. The fourth-order valence-electron chi connectivity index (χ4n) is 12.9. The minimum absolute atomic E-state index is 0.184. The number of hydrogen-bond acceptors (Lipinski definition) is 2. The summed E-state index contributed by atoms with van der Waals surface area (Å²) >= 11 is 0. The van der Waals surface area contributed by atoms with E-state index in [1.165, 1.54) is 11.1 Å². The first kappa shape index (κ1) is 44.6. The molecule has 0 aliphatic heterocycles. The van der Waals surface area contributed by atoms with Gasteiger partial charge < -0.3 is 22.7 Å². The number of hydrogen-bond donors (Lipinski definition) is 0. The second-order valence-electron chi connectivity index (χ2n) is 22.6. The van der Waals surface area contributed by atoms with Crippen LogP contribution in [0.5, 0.6) is 0 Å². The number of nitriles is 1. The molecular weight excluding hydrogens is 941 g/mol. The lowest BCUT2D eigenvalue weighted by Gasteiger charge is -2.27. The molecule has 0 N–H and O–H groups in total. The highest BCUT2D eigenvalue weighted by Crippen LogP contribution is 2.54. The molecule has 0 radical (unpaired) electrons. The van der Waals surface area contributed by atoms with Gasteiger partial charge in [0.15, 0.2) is 5.58 Å². The van der Waals surface area contributed by atoms with Crippen molar-refractivity contribution in [1.82, 2.24) is 18.3 Å². The average molecular weight is 991 g/mol. The second kappa shape index (κ2) is 15.9. The van der Waals surface area contributed by atoms with Crippen molar-refractivity contribution in [1.29, 1.82) is 5.26 Å². The molecule has 77 heavy (non-hydrogen) atoms. The van der Waals surface area contributed by atoms with E-state index in [4.69, 9.17) is 9.26 Å². The lowest BCUT2D eigenvalue weighted by atomic mass is 9.82. The zero-order valence-corrected chi connectivity index (χ0v) is 43.6. The maximum Gasteiger partial charge on any atom is 0.237 e. The van der Waals surface area contributed by atoms with Crippen LogP contribution in [0.15, 0.2) is 199 Å². The normalized spacial score (nSPS) is 12.5. The predicted octanol–water partition coefficient (Wildman–Crippen LogP) is 19.0. The number of fused-ring (bicyclic) bond motifs is 16. The highest BCUT2D eigenvalue weighted by atomic mass is 16.3. The van der Waals surface area contributed by atoms with Crippen LogP contribution in [0.1, 0.15) is 58.2 Å². The summed E-state index contributed by atoms with van der Waals surface area (Å²) in [5, 5.41) is 23.1. The first-order valence-electron chi connectivity index (χ1n) is 26.4. The number of para-hydroxylation sites is 7. The molecule has 7 nitrogen and oxygen atoms in total. The Labute approximate surface area is 444 Å². The van der Waals surface area contributed by atoms with Crippen LogP contribution in [-0.4, -0.2) is 18.3 Å². The molecule has 0 spiro atoms. The van der Waals surface area contributed by atoms with Gasteiger partial charge in [0.25, 0.3) is 0 Å². The van der Waals surface area contributed by atoms with Crippen molar-refractivity contribution < 1.29 is 4.42 Å². The Morgan fingerprint density at radius 3 is 1.27 bits per heavy atom. The third kappa shape index (κ3) is 6.06. The molecule has 0 aliphatic carbocycles. The molecule has 0 atom stereocenters. The zero-order chi connectivity index (χ0) is 52.2. The van der Waals surface area contributed by atoms with E-state index >= 15 is 0 Å². The Morgan fingerprint density at radius 1 is 0.416 bits per heavy atom. The summed E-state index contributed by atoms with van der Waals surface area (Å²) in [7, 11) is 0. The van der Waals surface area contributed by atoms with E-state index in [9.17, 15) is 11.8 Å². The van der Waals surface area contributed by atoms with Crippen molar-refractivity contribution in [3.05, 3.63) is 222 Å². The quantitative estimate of drug-likeness (QED) is 0.165. The van der Waals surface area contributed by atoms with Crippen LogP contribution >= 0.6 is 0 Å². The summed E-state index contributed by atoms with van der Waals surface area (Å²) in [4.78, 5) is 4.80. The summed E-state index contributed by atoms with van der Waals surface area (Å²) in [6.45, 7) is 23.5. The van der Waals surface area contributed by atoms with E-state index in [0.29, 0.717) is 34.0 Å².